The molecular formula is C13H18FNO2. The Labute approximate surface area is 101 Å². The van der Waals surface area contributed by atoms with E-state index in [1.165, 1.54) is 18.2 Å². The van der Waals surface area contributed by atoms with Crippen LogP contribution in [-0.4, -0.2) is 23.2 Å². The van der Waals surface area contributed by atoms with Gasteiger partial charge in [0.05, 0.1) is 12.1 Å². The summed E-state index contributed by atoms with van der Waals surface area (Å²) in [4.78, 5) is 12.0. The molecule has 0 heterocycles. The Morgan fingerprint density at radius 2 is 2.18 bits per heavy atom. The molecule has 0 aliphatic carbocycles. The molecule has 0 aromatic heterocycles. The van der Waals surface area contributed by atoms with E-state index in [-0.39, 0.29) is 18.3 Å². The van der Waals surface area contributed by atoms with Crippen molar-refractivity contribution in [2.24, 2.45) is 0 Å². The molecule has 1 atom stereocenters. The second-order valence-corrected chi connectivity index (χ2v) is 4.49. The molecule has 0 fully saturated rings. The Balaban J connectivity index is 2.90. The lowest BCUT2D eigenvalue weighted by atomic mass is 9.99. The summed E-state index contributed by atoms with van der Waals surface area (Å²) in [6.07, 6.45) is 0.621. The van der Waals surface area contributed by atoms with Gasteiger partial charge in [-0.05, 0) is 44.0 Å². The predicted octanol–water partition coefficient (Wildman–Crippen LogP) is 2.02. The van der Waals surface area contributed by atoms with Crippen molar-refractivity contribution in [3.8, 4) is 0 Å². The van der Waals surface area contributed by atoms with Crippen LogP contribution in [0.2, 0.25) is 0 Å². The van der Waals surface area contributed by atoms with Gasteiger partial charge in [0.1, 0.15) is 5.82 Å². The number of hydrogen-bond donors (Lipinski definition) is 2. The number of benzene rings is 1. The normalized spacial score (nSPS) is 14.2. The molecule has 0 spiro atoms. The molecule has 0 radical (unpaired) electrons. The number of hydrogen-bond acceptors (Lipinski definition) is 2. The van der Waals surface area contributed by atoms with Gasteiger partial charge in [-0.1, -0.05) is 6.92 Å². The summed E-state index contributed by atoms with van der Waals surface area (Å²) >= 11 is 0. The minimum atomic E-state index is -0.641. The Morgan fingerprint density at radius 3 is 2.65 bits per heavy atom. The SMILES string of the molecule is CC[C@@](C)(CO)NC(=O)c1ccc(F)cc1C. The van der Waals surface area contributed by atoms with Crippen LogP contribution >= 0.6 is 0 Å². The second-order valence-electron chi connectivity index (χ2n) is 4.49. The number of carbonyl (C=O) groups is 1. The minimum Gasteiger partial charge on any atom is -0.394 e. The highest BCUT2D eigenvalue weighted by atomic mass is 19.1. The molecule has 0 aliphatic heterocycles. The summed E-state index contributed by atoms with van der Waals surface area (Å²) in [6.45, 7) is 5.20. The maximum atomic E-state index is 12.9. The Hall–Kier alpha value is -1.42. The maximum Gasteiger partial charge on any atom is 0.252 e. The summed E-state index contributed by atoms with van der Waals surface area (Å²) in [5, 5.41) is 12.0. The molecule has 1 rings (SSSR count). The number of aliphatic hydroxyl groups excluding tert-OH is 1. The van der Waals surface area contributed by atoms with E-state index in [2.05, 4.69) is 5.32 Å². The average Bonchev–Trinajstić information content (AvgIpc) is 2.28. The van der Waals surface area contributed by atoms with Crippen LogP contribution in [-0.2, 0) is 0 Å². The summed E-state index contributed by atoms with van der Waals surface area (Å²) in [5.41, 5.74) is 0.371. The van der Waals surface area contributed by atoms with E-state index in [0.29, 0.717) is 17.5 Å². The van der Waals surface area contributed by atoms with Crippen molar-refractivity contribution in [3.63, 3.8) is 0 Å². The highest BCUT2D eigenvalue weighted by molar-refractivity contribution is 5.96. The van der Waals surface area contributed by atoms with Gasteiger partial charge in [-0.3, -0.25) is 4.79 Å². The first-order valence-electron chi connectivity index (χ1n) is 5.61. The molecule has 94 valence electrons. The van der Waals surface area contributed by atoms with Crippen molar-refractivity contribution in [3.05, 3.63) is 35.1 Å². The topological polar surface area (TPSA) is 49.3 Å². The zero-order chi connectivity index (χ0) is 13.1. The lowest BCUT2D eigenvalue weighted by Crippen LogP contribution is -2.48. The van der Waals surface area contributed by atoms with Gasteiger partial charge in [-0.25, -0.2) is 4.39 Å². The van der Waals surface area contributed by atoms with Crippen LogP contribution in [0.25, 0.3) is 0 Å². The number of nitrogens with one attached hydrogen (secondary N) is 1. The zero-order valence-corrected chi connectivity index (χ0v) is 10.4. The average molecular weight is 239 g/mol. The lowest BCUT2D eigenvalue weighted by molar-refractivity contribution is 0.0846. The smallest absolute Gasteiger partial charge is 0.252 e. The molecule has 1 aromatic carbocycles. The molecule has 4 heteroatoms. The van der Waals surface area contributed by atoms with Crippen LogP contribution < -0.4 is 5.32 Å². The Bertz CT molecular complexity index is 414. The molecule has 0 unspecified atom stereocenters. The first-order valence-corrected chi connectivity index (χ1v) is 5.61. The number of aryl methyl sites for hydroxylation is 1. The molecule has 0 saturated heterocycles. The van der Waals surface area contributed by atoms with E-state index in [9.17, 15) is 14.3 Å². The quantitative estimate of drug-likeness (QED) is 0.844. The van der Waals surface area contributed by atoms with Crippen molar-refractivity contribution >= 4 is 5.91 Å². The van der Waals surface area contributed by atoms with Gasteiger partial charge in [0.25, 0.3) is 5.91 Å². The molecule has 2 N–H and O–H groups in total. The molecule has 1 aromatic rings. The van der Waals surface area contributed by atoms with Gasteiger partial charge >= 0.3 is 0 Å². The van der Waals surface area contributed by atoms with Crippen LogP contribution in [0.1, 0.15) is 36.2 Å². The second kappa shape index (κ2) is 5.27. The monoisotopic (exact) mass is 239 g/mol. The third kappa shape index (κ3) is 3.27. The van der Waals surface area contributed by atoms with Crippen molar-refractivity contribution in [2.75, 3.05) is 6.61 Å². The highest BCUT2D eigenvalue weighted by Crippen LogP contribution is 2.13. The summed E-state index contributed by atoms with van der Waals surface area (Å²) < 4.78 is 12.9. The Kier molecular flexibility index (Phi) is 4.23. The van der Waals surface area contributed by atoms with Gasteiger partial charge in [-0.2, -0.15) is 0 Å². The highest BCUT2D eigenvalue weighted by Gasteiger charge is 2.24. The van der Waals surface area contributed by atoms with Gasteiger partial charge in [0.2, 0.25) is 0 Å². The fourth-order valence-corrected chi connectivity index (χ4v) is 1.46. The first-order chi connectivity index (χ1) is 7.91. The third-order valence-corrected chi connectivity index (χ3v) is 2.98. The van der Waals surface area contributed by atoms with E-state index < -0.39 is 5.54 Å². The molecular weight excluding hydrogens is 221 g/mol. The third-order valence-electron chi connectivity index (χ3n) is 2.98. The zero-order valence-electron chi connectivity index (χ0n) is 10.4. The van der Waals surface area contributed by atoms with Crippen LogP contribution in [0.4, 0.5) is 4.39 Å². The fraction of sp³-hybridized carbons (Fsp3) is 0.462. The molecule has 1 amide bonds. The number of aliphatic hydroxyl groups is 1. The van der Waals surface area contributed by atoms with E-state index in [1.54, 1.807) is 13.8 Å². The molecule has 17 heavy (non-hydrogen) atoms. The van der Waals surface area contributed by atoms with E-state index in [4.69, 9.17) is 0 Å². The maximum absolute atomic E-state index is 12.9. The number of rotatable bonds is 4. The minimum absolute atomic E-state index is 0.129. The largest absolute Gasteiger partial charge is 0.394 e. The van der Waals surface area contributed by atoms with Crippen LogP contribution in [0.5, 0.6) is 0 Å². The van der Waals surface area contributed by atoms with Crippen molar-refractivity contribution in [1.82, 2.24) is 5.32 Å². The van der Waals surface area contributed by atoms with Crippen LogP contribution in [0, 0.1) is 12.7 Å². The number of amides is 1. The first kappa shape index (κ1) is 13.6. The fourth-order valence-electron chi connectivity index (χ4n) is 1.46. The lowest BCUT2D eigenvalue weighted by Gasteiger charge is -2.27. The molecule has 0 bridgehead atoms. The van der Waals surface area contributed by atoms with Gasteiger partial charge in [0.15, 0.2) is 0 Å². The summed E-state index contributed by atoms with van der Waals surface area (Å²) in [7, 11) is 0. The Morgan fingerprint density at radius 1 is 1.53 bits per heavy atom. The van der Waals surface area contributed by atoms with Crippen LogP contribution in [0.3, 0.4) is 0 Å². The standard InChI is InChI=1S/C13H18FNO2/c1-4-13(3,8-16)15-12(17)11-6-5-10(14)7-9(11)2/h5-7,16H,4,8H2,1-3H3,(H,15,17)/t13-/m0/s1. The number of halogens is 1. The van der Waals surface area contributed by atoms with Crippen LogP contribution in [0.15, 0.2) is 18.2 Å². The molecule has 3 nitrogen and oxygen atoms in total. The summed E-state index contributed by atoms with van der Waals surface area (Å²) in [6, 6.07) is 4.02. The predicted molar refractivity (Wildman–Crippen MR) is 64.4 cm³/mol. The molecule has 0 aliphatic rings. The van der Waals surface area contributed by atoms with Crippen molar-refractivity contribution < 1.29 is 14.3 Å². The van der Waals surface area contributed by atoms with E-state index in [0.717, 1.165) is 0 Å². The van der Waals surface area contributed by atoms with Crippen molar-refractivity contribution in [2.45, 2.75) is 32.7 Å². The van der Waals surface area contributed by atoms with Gasteiger partial charge in [-0.15, -0.1) is 0 Å². The van der Waals surface area contributed by atoms with E-state index >= 15 is 0 Å². The van der Waals surface area contributed by atoms with Gasteiger partial charge < -0.3 is 10.4 Å². The summed E-state index contributed by atoms with van der Waals surface area (Å²) in [5.74, 6) is -0.652. The molecule has 0 saturated carbocycles. The van der Waals surface area contributed by atoms with Crippen molar-refractivity contribution in [1.29, 1.82) is 0 Å². The number of carbonyl (C=O) groups excluding carboxylic acids is 1. The van der Waals surface area contributed by atoms with Gasteiger partial charge in [0, 0.05) is 5.56 Å². The van der Waals surface area contributed by atoms with E-state index in [1.807, 2.05) is 6.92 Å².